The third-order valence-corrected chi connectivity index (χ3v) is 5.22. The smallest absolute Gasteiger partial charge is 0.140 e. The number of pyridine rings is 1. The normalized spacial score (nSPS) is 21.2. The molecule has 1 aliphatic rings. The van der Waals surface area contributed by atoms with Gasteiger partial charge in [-0.05, 0) is 37.8 Å². The molecule has 0 saturated heterocycles. The molecule has 0 saturated carbocycles. The molecule has 0 radical (unpaired) electrons. The predicted molar refractivity (Wildman–Crippen MR) is 80.9 cm³/mol. The number of rotatable bonds is 3. The topological polar surface area (TPSA) is 65.2 Å². The lowest BCUT2D eigenvalue weighted by Crippen LogP contribution is -2.40. The van der Waals surface area contributed by atoms with Crippen molar-refractivity contribution in [1.82, 2.24) is 4.98 Å². The Hall–Kier alpha value is -0.490. The highest BCUT2D eigenvalue weighted by molar-refractivity contribution is 7.90. The van der Waals surface area contributed by atoms with Crippen molar-refractivity contribution in [2.45, 2.75) is 37.4 Å². The Kier molecular flexibility index (Phi) is 4.30. The molecule has 0 amide bonds. The van der Waals surface area contributed by atoms with Crippen LogP contribution in [-0.4, -0.2) is 27.9 Å². The Morgan fingerprint density at radius 2 is 2.32 bits per heavy atom. The van der Waals surface area contributed by atoms with Gasteiger partial charge >= 0.3 is 0 Å². The van der Waals surface area contributed by atoms with E-state index in [0.717, 1.165) is 30.8 Å². The maximum absolute atomic E-state index is 11.6. The van der Waals surface area contributed by atoms with Gasteiger partial charge in [-0.1, -0.05) is 11.6 Å². The fraction of sp³-hybridized carbons (Fsp3) is 0.615. The molecule has 1 aromatic heterocycles. The Bertz CT molecular complexity index is 467. The molecule has 6 heteroatoms. The van der Waals surface area contributed by atoms with Gasteiger partial charge in [0.1, 0.15) is 10.6 Å². The van der Waals surface area contributed by atoms with E-state index in [0.29, 0.717) is 10.9 Å². The minimum Gasteiger partial charge on any atom is -0.598 e. The highest BCUT2D eigenvalue weighted by Crippen LogP contribution is 2.40. The van der Waals surface area contributed by atoms with Gasteiger partial charge in [0, 0.05) is 37.6 Å². The number of aromatic nitrogens is 1. The van der Waals surface area contributed by atoms with Crippen LogP contribution < -0.4 is 10.0 Å². The Morgan fingerprint density at radius 1 is 1.63 bits per heavy atom. The van der Waals surface area contributed by atoms with Crippen LogP contribution >= 0.6 is 11.6 Å². The summed E-state index contributed by atoms with van der Waals surface area (Å²) in [5.41, 5.74) is 1.14. The van der Waals surface area contributed by atoms with Gasteiger partial charge in [0.15, 0.2) is 0 Å². The van der Waals surface area contributed by atoms with Crippen molar-refractivity contribution < 1.29 is 4.55 Å². The van der Waals surface area contributed by atoms with Gasteiger partial charge in [0.05, 0.1) is 5.02 Å². The van der Waals surface area contributed by atoms with Crippen LogP contribution in [0.25, 0.3) is 0 Å². The van der Waals surface area contributed by atoms with Crippen molar-refractivity contribution in [2.75, 3.05) is 18.5 Å². The van der Waals surface area contributed by atoms with E-state index in [2.05, 4.69) is 9.88 Å². The average molecular weight is 302 g/mol. The highest BCUT2D eigenvalue weighted by Gasteiger charge is 2.36. The van der Waals surface area contributed by atoms with Gasteiger partial charge in [0.2, 0.25) is 0 Å². The Labute approximate surface area is 122 Å². The molecule has 2 unspecified atom stereocenters. The minimum atomic E-state index is -1.34. The number of hydrogen-bond donors (Lipinski definition) is 1. The van der Waals surface area contributed by atoms with Crippen molar-refractivity contribution in [2.24, 2.45) is 5.14 Å². The summed E-state index contributed by atoms with van der Waals surface area (Å²) < 4.78 is 11.2. The van der Waals surface area contributed by atoms with E-state index in [1.807, 2.05) is 27.0 Å². The number of anilines is 1. The third kappa shape index (κ3) is 3.16. The van der Waals surface area contributed by atoms with Gasteiger partial charge in [-0.2, -0.15) is 5.14 Å². The van der Waals surface area contributed by atoms with Gasteiger partial charge in [-0.15, -0.1) is 0 Å². The number of nitrogens with two attached hydrogens (primary N) is 1. The first-order valence-corrected chi connectivity index (χ1v) is 7.93. The molecule has 0 spiro atoms. The van der Waals surface area contributed by atoms with E-state index in [4.69, 9.17) is 16.7 Å². The number of fused-ring (bicyclic) bond motifs is 1. The largest absolute Gasteiger partial charge is 0.598 e. The quantitative estimate of drug-likeness (QED) is 0.871. The van der Waals surface area contributed by atoms with Crippen LogP contribution in [0.4, 0.5) is 5.82 Å². The Morgan fingerprint density at radius 3 is 2.95 bits per heavy atom. The maximum Gasteiger partial charge on any atom is 0.140 e. The van der Waals surface area contributed by atoms with Gasteiger partial charge < -0.3 is 9.45 Å². The lowest BCUT2D eigenvalue weighted by atomic mass is 9.85. The summed E-state index contributed by atoms with van der Waals surface area (Å²) in [7, 11) is 2.03. The molecular formula is C13H20ClN3OS. The molecule has 4 nitrogen and oxygen atoms in total. The van der Waals surface area contributed by atoms with Crippen LogP contribution in [0, 0.1) is 0 Å². The second-order valence-corrected chi connectivity index (χ2v) is 7.87. The van der Waals surface area contributed by atoms with Crippen LogP contribution in [0.3, 0.4) is 0 Å². The fourth-order valence-electron chi connectivity index (χ4n) is 2.57. The molecule has 2 heterocycles. The van der Waals surface area contributed by atoms with Crippen LogP contribution in [0.1, 0.15) is 38.2 Å². The second kappa shape index (κ2) is 5.48. The van der Waals surface area contributed by atoms with Crippen molar-refractivity contribution >= 4 is 28.8 Å². The maximum atomic E-state index is 11.6. The van der Waals surface area contributed by atoms with Crippen molar-refractivity contribution in [3.05, 3.63) is 22.8 Å². The second-order valence-electron chi connectivity index (χ2n) is 5.73. The van der Waals surface area contributed by atoms with Crippen molar-refractivity contribution in [3.63, 3.8) is 0 Å². The first-order valence-electron chi connectivity index (χ1n) is 6.34. The lowest BCUT2D eigenvalue weighted by Gasteiger charge is -2.35. The van der Waals surface area contributed by atoms with Crippen LogP contribution in [0.2, 0.25) is 5.02 Å². The van der Waals surface area contributed by atoms with E-state index < -0.39 is 16.1 Å². The molecule has 1 aromatic rings. The molecule has 2 N–H and O–H groups in total. The average Bonchev–Trinajstić information content (AvgIpc) is 2.32. The summed E-state index contributed by atoms with van der Waals surface area (Å²) in [5.74, 6) is 1.28. The molecule has 0 aromatic carbocycles. The highest BCUT2D eigenvalue weighted by atomic mass is 35.5. The van der Waals surface area contributed by atoms with E-state index in [-0.39, 0.29) is 0 Å². The molecule has 0 bridgehead atoms. The zero-order valence-corrected chi connectivity index (χ0v) is 13.1. The van der Waals surface area contributed by atoms with Crippen LogP contribution in [-0.2, 0) is 11.4 Å². The molecule has 2 rings (SSSR count). The minimum absolute atomic E-state index is 0.305. The first-order chi connectivity index (χ1) is 8.81. The molecule has 1 aliphatic heterocycles. The summed E-state index contributed by atoms with van der Waals surface area (Å²) in [6.07, 6.45) is 3.45. The van der Waals surface area contributed by atoms with E-state index in [1.165, 1.54) is 0 Å². The number of nitrogens with zero attached hydrogens (tertiary/aromatic N) is 2. The fourth-order valence-corrected chi connectivity index (χ4v) is 3.10. The third-order valence-electron chi connectivity index (χ3n) is 3.76. The molecule has 2 atom stereocenters. The van der Waals surface area contributed by atoms with Crippen molar-refractivity contribution in [1.29, 1.82) is 0 Å². The summed E-state index contributed by atoms with van der Waals surface area (Å²) in [5, 5.41) is 6.23. The predicted octanol–water partition coefficient (Wildman–Crippen LogP) is 2.45. The molecule has 19 heavy (non-hydrogen) atoms. The first kappa shape index (κ1) is 14.9. The molecule has 106 valence electrons. The van der Waals surface area contributed by atoms with E-state index >= 15 is 0 Å². The SMILES string of the molecule is CN1CCC(CC(C)(C)[S+](N)[O-])c2cc(Cl)cnc21. The van der Waals surface area contributed by atoms with Crippen molar-refractivity contribution in [3.8, 4) is 0 Å². The molecular weight excluding hydrogens is 282 g/mol. The molecule has 0 fully saturated rings. The monoisotopic (exact) mass is 301 g/mol. The van der Waals surface area contributed by atoms with E-state index in [9.17, 15) is 4.55 Å². The van der Waals surface area contributed by atoms with Crippen LogP contribution in [0.15, 0.2) is 12.3 Å². The summed E-state index contributed by atoms with van der Waals surface area (Å²) >= 11 is 4.72. The zero-order chi connectivity index (χ0) is 14.2. The number of halogens is 1. The Balaban J connectivity index is 2.30. The standard InChI is InChI=1S/C13H20ClN3OS/c1-13(2,19(15)18)7-9-4-5-17(3)12-11(9)6-10(14)8-16-12/h6,8-9H,4-5,7,15H2,1-3H3. The van der Waals surface area contributed by atoms with Gasteiger partial charge in [0.25, 0.3) is 0 Å². The van der Waals surface area contributed by atoms with Crippen LogP contribution in [0.5, 0.6) is 0 Å². The molecule has 0 aliphatic carbocycles. The zero-order valence-electron chi connectivity index (χ0n) is 11.5. The van der Waals surface area contributed by atoms with Gasteiger partial charge in [-0.25, -0.2) is 4.98 Å². The summed E-state index contributed by atoms with van der Waals surface area (Å²) in [6, 6.07) is 1.97. The number of hydrogen-bond acceptors (Lipinski definition) is 4. The summed E-state index contributed by atoms with van der Waals surface area (Å²) in [6.45, 7) is 4.83. The van der Waals surface area contributed by atoms with E-state index in [1.54, 1.807) is 6.20 Å². The summed E-state index contributed by atoms with van der Waals surface area (Å²) in [4.78, 5) is 6.55. The lowest BCUT2D eigenvalue weighted by molar-refractivity contribution is 0.461. The van der Waals surface area contributed by atoms with Gasteiger partial charge in [-0.3, -0.25) is 0 Å².